The van der Waals surface area contributed by atoms with E-state index in [0.717, 1.165) is 17.9 Å². The van der Waals surface area contributed by atoms with Gasteiger partial charge >= 0.3 is 0 Å². The molecule has 4 nitrogen and oxygen atoms in total. The van der Waals surface area contributed by atoms with Crippen molar-refractivity contribution >= 4 is 17.2 Å². The molecule has 0 bridgehead atoms. The average Bonchev–Trinajstić information content (AvgIpc) is 3.25. The molecule has 1 aromatic rings. The maximum Gasteiger partial charge on any atom is 0.161 e. The molecule has 0 N–H and O–H groups in total. The quantitative estimate of drug-likeness (QED) is 0.757. The lowest BCUT2D eigenvalue weighted by molar-refractivity contribution is 0.280. The molecule has 1 aromatic carbocycles. The van der Waals surface area contributed by atoms with Gasteiger partial charge in [-0.2, -0.15) is 4.40 Å². The van der Waals surface area contributed by atoms with Crippen LogP contribution in [0.2, 0.25) is 0 Å². The van der Waals surface area contributed by atoms with E-state index in [0.29, 0.717) is 11.7 Å². The molecule has 21 heavy (non-hydrogen) atoms. The fourth-order valence-corrected chi connectivity index (χ4v) is 2.18. The largest absolute Gasteiger partial charge is 0.493 e. The zero-order valence-electron chi connectivity index (χ0n) is 13.1. The number of hydrogen-bond donors (Lipinski definition) is 0. The van der Waals surface area contributed by atoms with Crippen LogP contribution in [-0.2, 0) is 11.0 Å². The molecule has 0 aromatic heterocycles. The molecule has 0 aliphatic heterocycles. The zero-order chi connectivity index (χ0) is 15.5. The van der Waals surface area contributed by atoms with Gasteiger partial charge in [-0.15, -0.1) is 0 Å². The van der Waals surface area contributed by atoms with Crippen LogP contribution in [-0.4, -0.2) is 28.9 Å². The van der Waals surface area contributed by atoms with Crippen LogP contribution in [0, 0.1) is 5.92 Å². The molecule has 0 saturated heterocycles. The molecule has 1 saturated carbocycles. The monoisotopic (exact) mass is 309 g/mol. The van der Waals surface area contributed by atoms with Gasteiger partial charge in [-0.3, -0.25) is 0 Å². The van der Waals surface area contributed by atoms with Gasteiger partial charge in [0.1, 0.15) is 11.0 Å². The molecule has 0 unspecified atom stereocenters. The van der Waals surface area contributed by atoms with E-state index in [1.165, 1.54) is 12.8 Å². The second-order valence-electron chi connectivity index (χ2n) is 6.26. The first kappa shape index (κ1) is 16.0. The van der Waals surface area contributed by atoms with Gasteiger partial charge in [0.15, 0.2) is 11.5 Å². The molecule has 2 rings (SSSR count). The summed E-state index contributed by atoms with van der Waals surface area (Å²) in [4.78, 5) is 0. The van der Waals surface area contributed by atoms with E-state index in [1.54, 1.807) is 13.3 Å². The number of benzene rings is 1. The number of rotatable bonds is 6. The Morgan fingerprint density at radius 2 is 2.05 bits per heavy atom. The van der Waals surface area contributed by atoms with E-state index in [1.807, 2.05) is 39.0 Å². The minimum absolute atomic E-state index is 0.353. The number of methoxy groups -OCH3 is 1. The lowest BCUT2D eigenvalue weighted by Crippen LogP contribution is -2.19. The molecule has 1 atom stereocenters. The van der Waals surface area contributed by atoms with Crippen LogP contribution >= 0.6 is 0 Å². The van der Waals surface area contributed by atoms with Crippen LogP contribution in [0.5, 0.6) is 11.5 Å². The highest BCUT2D eigenvalue weighted by atomic mass is 32.2. The molecular weight excluding hydrogens is 286 g/mol. The summed E-state index contributed by atoms with van der Waals surface area (Å²) in [7, 11) is 0.363. The van der Waals surface area contributed by atoms with Crippen molar-refractivity contribution in [3.63, 3.8) is 0 Å². The van der Waals surface area contributed by atoms with Crippen LogP contribution in [0.25, 0.3) is 0 Å². The van der Waals surface area contributed by atoms with Crippen LogP contribution < -0.4 is 9.47 Å². The van der Waals surface area contributed by atoms with Gasteiger partial charge < -0.3 is 9.47 Å². The average molecular weight is 309 g/mol. The Morgan fingerprint density at radius 3 is 2.62 bits per heavy atom. The van der Waals surface area contributed by atoms with Crippen molar-refractivity contribution in [2.24, 2.45) is 10.3 Å². The minimum atomic E-state index is -1.26. The van der Waals surface area contributed by atoms with Crippen LogP contribution in [0.3, 0.4) is 0 Å². The summed E-state index contributed by atoms with van der Waals surface area (Å²) >= 11 is 0. The SMILES string of the molecule is COc1cc(C=N[S@@](=O)C(C)(C)C)ccc1OCC1CC1. The molecule has 0 spiro atoms. The van der Waals surface area contributed by atoms with E-state index < -0.39 is 11.0 Å². The van der Waals surface area contributed by atoms with Crippen molar-refractivity contribution in [2.75, 3.05) is 13.7 Å². The second kappa shape index (κ2) is 6.60. The minimum Gasteiger partial charge on any atom is -0.493 e. The predicted molar refractivity (Wildman–Crippen MR) is 86.7 cm³/mol. The summed E-state index contributed by atoms with van der Waals surface area (Å²) in [5, 5.41) is 0. The lowest BCUT2D eigenvalue weighted by atomic mass is 10.2. The van der Waals surface area contributed by atoms with Crippen molar-refractivity contribution in [3.8, 4) is 11.5 Å². The number of hydrogen-bond acceptors (Lipinski definition) is 3. The predicted octanol–water partition coefficient (Wildman–Crippen LogP) is 3.37. The summed E-state index contributed by atoms with van der Waals surface area (Å²) in [6.07, 6.45) is 4.13. The Bertz CT molecular complexity index is 545. The maximum absolute atomic E-state index is 11.9. The summed E-state index contributed by atoms with van der Waals surface area (Å²) < 4.78 is 26.8. The Hall–Kier alpha value is -1.36. The van der Waals surface area contributed by atoms with E-state index in [2.05, 4.69) is 4.40 Å². The summed E-state index contributed by atoms with van der Waals surface area (Å²) in [5.74, 6) is 2.13. The standard InChI is InChI=1S/C16H23NO3S/c1-16(2,3)21(18)17-10-13-7-8-14(15(9-13)19-4)20-11-12-5-6-12/h7-10,12H,5-6,11H2,1-4H3/t21-/m0/s1. The van der Waals surface area contributed by atoms with Crippen molar-refractivity contribution in [3.05, 3.63) is 23.8 Å². The molecule has 0 amide bonds. The molecule has 1 fully saturated rings. The number of nitrogens with zero attached hydrogens (tertiary/aromatic N) is 1. The highest BCUT2D eigenvalue weighted by Gasteiger charge is 2.22. The molecule has 0 heterocycles. The van der Waals surface area contributed by atoms with Gasteiger partial charge in [0.2, 0.25) is 0 Å². The van der Waals surface area contributed by atoms with Gasteiger partial charge in [0.25, 0.3) is 0 Å². The summed E-state index contributed by atoms with van der Waals surface area (Å²) in [6, 6.07) is 5.63. The molecule has 0 radical (unpaired) electrons. The third kappa shape index (κ3) is 4.84. The van der Waals surface area contributed by atoms with Crippen molar-refractivity contribution in [2.45, 2.75) is 38.4 Å². The number of ether oxygens (including phenoxy) is 2. The third-order valence-corrected chi connectivity index (χ3v) is 4.53. The van der Waals surface area contributed by atoms with Gasteiger partial charge in [-0.05, 0) is 63.3 Å². The fraction of sp³-hybridized carbons (Fsp3) is 0.562. The first-order chi connectivity index (χ1) is 9.90. The van der Waals surface area contributed by atoms with Crippen LogP contribution in [0.15, 0.2) is 22.6 Å². The Balaban J connectivity index is 2.07. The van der Waals surface area contributed by atoms with E-state index >= 15 is 0 Å². The summed E-state index contributed by atoms with van der Waals surface area (Å²) in [5.41, 5.74) is 0.850. The van der Waals surface area contributed by atoms with Crippen molar-refractivity contribution in [1.82, 2.24) is 0 Å². The smallest absolute Gasteiger partial charge is 0.161 e. The first-order valence-electron chi connectivity index (χ1n) is 7.17. The van der Waals surface area contributed by atoms with Crippen molar-refractivity contribution < 1.29 is 13.7 Å². The zero-order valence-corrected chi connectivity index (χ0v) is 13.9. The third-order valence-electron chi connectivity index (χ3n) is 3.18. The fourth-order valence-electron chi connectivity index (χ4n) is 1.64. The normalized spacial score (nSPS) is 17.0. The Morgan fingerprint density at radius 1 is 1.33 bits per heavy atom. The Labute approximate surface area is 129 Å². The lowest BCUT2D eigenvalue weighted by Gasteiger charge is -2.13. The molecule has 5 heteroatoms. The van der Waals surface area contributed by atoms with Crippen molar-refractivity contribution in [1.29, 1.82) is 0 Å². The highest BCUT2D eigenvalue weighted by Crippen LogP contribution is 2.33. The highest BCUT2D eigenvalue weighted by molar-refractivity contribution is 7.85. The van der Waals surface area contributed by atoms with Gasteiger partial charge in [0, 0.05) is 6.21 Å². The second-order valence-corrected chi connectivity index (χ2v) is 8.19. The van der Waals surface area contributed by atoms with E-state index in [4.69, 9.17) is 9.47 Å². The van der Waals surface area contributed by atoms with Crippen LogP contribution in [0.1, 0.15) is 39.2 Å². The van der Waals surface area contributed by atoms with Crippen LogP contribution in [0.4, 0.5) is 0 Å². The molecule has 1 aliphatic rings. The maximum atomic E-state index is 11.9. The molecule has 1 aliphatic carbocycles. The van der Waals surface area contributed by atoms with E-state index in [9.17, 15) is 4.21 Å². The van der Waals surface area contributed by atoms with Gasteiger partial charge in [-0.1, -0.05) is 0 Å². The van der Waals surface area contributed by atoms with E-state index in [-0.39, 0.29) is 4.75 Å². The molecular formula is C16H23NO3S. The Kier molecular flexibility index (Phi) is 5.04. The topological polar surface area (TPSA) is 47.9 Å². The van der Waals surface area contributed by atoms with Gasteiger partial charge in [-0.25, -0.2) is 4.21 Å². The van der Waals surface area contributed by atoms with Gasteiger partial charge in [0.05, 0.1) is 18.5 Å². The first-order valence-corrected chi connectivity index (χ1v) is 8.27. The molecule has 116 valence electrons. The summed E-state index contributed by atoms with van der Waals surface area (Å²) in [6.45, 7) is 6.44.